The number of benzene rings is 1. The third-order valence-corrected chi connectivity index (χ3v) is 3.91. The molecule has 24 heavy (non-hydrogen) atoms. The predicted octanol–water partition coefficient (Wildman–Crippen LogP) is 1.75. The molecule has 3 aromatic rings. The van der Waals surface area contributed by atoms with E-state index >= 15 is 0 Å². The van der Waals surface area contributed by atoms with Crippen LogP contribution in [0, 0.1) is 5.92 Å². The van der Waals surface area contributed by atoms with E-state index in [1.54, 1.807) is 6.20 Å². The Hall–Kier alpha value is -3.16. The summed E-state index contributed by atoms with van der Waals surface area (Å²) in [7, 11) is 0. The first-order valence-electron chi connectivity index (χ1n) is 7.76. The molecule has 1 aliphatic carbocycles. The molecule has 0 unspecified atom stereocenters. The first kappa shape index (κ1) is 14.4. The quantitative estimate of drug-likeness (QED) is 0.665. The topological polar surface area (TPSA) is 105 Å². The fourth-order valence-corrected chi connectivity index (χ4v) is 2.53. The van der Waals surface area contributed by atoms with Crippen LogP contribution < -0.4 is 10.6 Å². The zero-order valence-electron chi connectivity index (χ0n) is 12.8. The Morgan fingerprint density at radius 3 is 2.96 bits per heavy atom. The number of fused-ring (bicyclic) bond motifs is 1. The molecule has 3 N–H and O–H groups in total. The minimum Gasteiger partial charge on any atom is -0.359 e. The van der Waals surface area contributed by atoms with E-state index in [-0.39, 0.29) is 24.3 Å². The first-order valence-corrected chi connectivity index (χ1v) is 7.76. The van der Waals surface area contributed by atoms with Crippen LogP contribution in [-0.4, -0.2) is 31.8 Å². The summed E-state index contributed by atoms with van der Waals surface area (Å²) in [6.45, 7) is 0.0173. The number of aromatic nitrogens is 4. The monoisotopic (exact) mass is 324 g/mol. The van der Waals surface area contributed by atoms with Crippen molar-refractivity contribution in [3.63, 3.8) is 0 Å². The molecule has 2 aromatic heterocycles. The minimum atomic E-state index is -0.220. The number of rotatable bonds is 5. The van der Waals surface area contributed by atoms with Crippen LogP contribution in [0.15, 0.2) is 36.7 Å². The van der Waals surface area contributed by atoms with Crippen LogP contribution >= 0.6 is 0 Å². The second-order valence-corrected chi connectivity index (χ2v) is 5.86. The van der Waals surface area contributed by atoms with Gasteiger partial charge in [0.25, 0.3) is 0 Å². The Morgan fingerprint density at radius 1 is 1.25 bits per heavy atom. The summed E-state index contributed by atoms with van der Waals surface area (Å²) in [6.07, 6.45) is 5.22. The van der Waals surface area contributed by atoms with Crippen LogP contribution in [0.3, 0.4) is 0 Å². The highest BCUT2D eigenvalue weighted by atomic mass is 16.2. The number of hydrogen-bond acceptors (Lipinski definition) is 4. The van der Waals surface area contributed by atoms with Gasteiger partial charge in [-0.1, -0.05) is 17.3 Å². The number of nitrogens with one attached hydrogen (secondary N) is 3. The predicted molar refractivity (Wildman–Crippen MR) is 88.3 cm³/mol. The van der Waals surface area contributed by atoms with Gasteiger partial charge in [0.05, 0.1) is 17.4 Å². The van der Waals surface area contributed by atoms with E-state index in [1.165, 1.54) is 4.68 Å². The van der Waals surface area contributed by atoms with Gasteiger partial charge in [-0.15, -0.1) is 5.10 Å². The molecule has 4 rings (SSSR count). The van der Waals surface area contributed by atoms with Gasteiger partial charge in [0.15, 0.2) is 5.82 Å². The van der Waals surface area contributed by atoms with Crippen molar-refractivity contribution in [3.8, 4) is 0 Å². The number of nitrogens with zero attached hydrogens (tertiary/aromatic N) is 3. The number of carbonyl (C=O) groups is 2. The summed E-state index contributed by atoms with van der Waals surface area (Å²) in [6, 6.07) is 7.62. The Kier molecular flexibility index (Phi) is 3.49. The molecule has 0 spiro atoms. The largest absolute Gasteiger partial charge is 0.359 e. The standard InChI is InChI=1S/C16H16N6O2/c23-14(18-12-3-1-2-10-6-7-17-15(10)12)9-22-8-13(20-21-22)19-16(24)11-4-5-11/h1-3,6-8,11,17H,4-5,9H2,(H,18,23)(H,19,24). The summed E-state index contributed by atoms with van der Waals surface area (Å²) in [5, 5.41) is 14.3. The van der Waals surface area contributed by atoms with Crippen molar-refractivity contribution in [2.75, 3.05) is 10.6 Å². The maximum absolute atomic E-state index is 12.2. The van der Waals surface area contributed by atoms with Crippen molar-refractivity contribution in [1.82, 2.24) is 20.0 Å². The second kappa shape index (κ2) is 5.80. The fourth-order valence-electron chi connectivity index (χ4n) is 2.53. The molecule has 0 bridgehead atoms. The maximum atomic E-state index is 12.2. The number of amides is 2. The third-order valence-electron chi connectivity index (χ3n) is 3.91. The average Bonchev–Trinajstić information content (AvgIpc) is 3.15. The van der Waals surface area contributed by atoms with Crippen LogP contribution in [0.25, 0.3) is 10.9 Å². The van der Waals surface area contributed by atoms with Crippen LogP contribution in [0.4, 0.5) is 11.5 Å². The van der Waals surface area contributed by atoms with Gasteiger partial charge in [-0.3, -0.25) is 9.59 Å². The van der Waals surface area contributed by atoms with Crippen molar-refractivity contribution < 1.29 is 9.59 Å². The van der Waals surface area contributed by atoms with Crippen molar-refractivity contribution >= 4 is 34.2 Å². The molecular formula is C16H16N6O2. The molecule has 1 fully saturated rings. The number of hydrogen-bond donors (Lipinski definition) is 3. The Balaban J connectivity index is 1.40. The van der Waals surface area contributed by atoms with Crippen LogP contribution in [0.5, 0.6) is 0 Å². The van der Waals surface area contributed by atoms with Crippen molar-refractivity contribution in [2.45, 2.75) is 19.4 Å². The Bertz CT molecular complexity index is 908. The van der Waals surface area contributed by atoms with E-state index in [4.69, 9.17) is 0 Å². The summed E-state index contributed by atoms with van der Waals surface area (Å²) in [5.41, 5.74) is 1.59. The highest BCUT2D eigenvalue weighted by Gasteiger charge is 2.30. The van der Waals surface area contributed by atoms with Crippen molar-refractivity contribution in [1.29, 1.82) is 0 Å². The molecule has 1 saturated carbocycles. The van der Waals surface area contributed by atoms with Crippen LogP contribution in [0.1, 0.15) is 12.8 Å². The number of carbonyl (C=O) groups excluding carboxylic acids is 2. The summed E-state index contributed by atoms with van der Waals surface area (Å²) >= 11 is 0. The van der Waals surface area contributed by atoms with Crippen LogP contribution in [-0.2, 0) is 16.1 Å². The fraction of sp³-hybridized carbons (Fsp3) is 0.250. The van der Waals surface area contributed by atoms with Gasteiger partial charge in [0.1, 0.15) is 6.54 Å². The molecule has 8 nitrogen and oxygen atoms in total. The number of aromatic amines is 1. The molecule has 0 saturated heterocycles. The smallest absolute Gasteiger partial charge is 0.246 e. The number of anilines is 2. The van der Waals surface area contributed by atoms with E-state index < -0.39 is 0 Å². The van der Waals surface area contributed by atoms with Gasteiger partial charge in [-0.2, -0.15) is 0 Å². The summed E-state index contributed by atoms with van der Waals surface area (Å²) < 4.78 is 1.40. The highest BCUT2D eigenvalue weighted by Crippen LogP contribution is 2.29. The van der Waals surface area contributed by atoms with Gasteiger partial charge in [-0.05, 0) is 25.0 Å². The van der Waals surface area contributed by atoms with Gasteiger partial charge in [0.2, 0.25) is 11.8 Å². The second-order valence-electron chi connectivity index (χ2n) is 5.86. The molecule has 1 aromatic carbocycles. The molecule has 0 aliphatic heterocycles. The molecular weight excluding hydrogens is 308 g/mol. The lowest BCUT2D eigenvalue weighted by Crippen LogP contribution is -2.19. The summed E-state index contributed by atoms with van der Waals surface area (Å²) in [4.78, 5) is 27.0. The SMILES string of the molecule is O=C(Cn1cc(NC(=O)C2CC2)nn1)Nc1cccc2cc[nH]c12. The van der Waals surface area contributed by atoms with E-state index in [1.807, 2.05) is 30.5 Å². The van der Waals surface area contributed by atoms with E-state index in [9.17, 15) is 9.59 Å². The number of H-pyrrole nitrogens is 1. The van der Waals surface area contributed by atoms with Crippen LogP contribution in [0.2, 0.25) is 0 Å². The van der Waals surface area contributed by atoms with E-state index in [0.717, 1.165) is 23.7 Å². The average molecular weight is 324 g/mol. The van der Waals surface area contributed by atoms with E-state index in [2.05, 4.69) is 25.9 Å². The lowest BCUT2D eigenvalue weighted by Gasteiger charge is -2.06. The van der Waals surface area contributed by atoms with Crippen molar-refractivity contribution in [3.05, 3.63) is 36.7 Å². The van der Waals surface area contributed by atoms with Gasteiger partial charge in [0, 0.05) is 17.5 Å². The molecule has 0 radical (unpaired) electrons. The van der Waals surface area contributed by atoms with Gasteiger partial charge in [-0.25, -0.2) is 4.68 Å². The molecule has 2 heterocycles. The first-order chi connectivity index (χ1) is 11.7. The molecule has 1 aliphatic rings. The molecule has 8 heteroatoms. The van der Waals surface area contributed by atoms with Gasteiger partial charge >= 0.3 is 0 Å². The normalized spacial score (nSPS) is 13.8. The third kappa shape index (κ3) is 2.98. The Labute approximate surface area is 137 Å². The molecule has 0 atom stereocenters. The molecule has 122 valence electrons. The zero-order valence-corrected chi connectivity index (χ0v) is 12.8. The lowest BCUT2D eigenvalue weighted by molar-refractivity contribution is -0.117. The summed E-state index contributed by atoms with van der Waals surface area (Å²) in [5.74, 6) is 0.206. The maximum Gasteiger partial charge on any atom is 0.246 e. The zero-order chi connectivity index (χ0) is 16.5. The lowest BCUT2D eigenvalue weighted by atomic mass is 10.2. The van der Waals surface area contributed by atoms with Crippen molar-refractivity contribution in [2.24, 2.45) is 5.92 Å². The Morgan fingerprint density at radius 2 is 2.12 bits per heavy atom. The van der Waals surface area contributed by atoms with Gasteiger partial charge < -0.3 is 15.6 Å². The van der Waals surface area contributed by atoms with E-state index in [0.29, 0.717) is 11.5 Å². The molecule has 2 amide bonds. The number of para-hydroxylation sites is 1. The highest BCUT2D eigenvalue weighted by molar-refractivity contribution is 6.00. The minimum absolute atomic E-state index is 0.0173.